The van der Waals surface area contributed by atoms with Gasteiger partial charge in [0.1, 0.15) is 0 Å². The molecule has 0 aliphatic rings. The molecule has 0 aliphatic carbocycles. The third kappa shape index (κ3) is 9.98. The topological polar surface area (TPSA) is 32.6 Å². The van der Waals surface area contributed by atoms with E-state index in [9.17, 15) is 0 Å². The van der Waals surface area contributed by atoms with Crippen LogP contribution < -0.4 is 0 Å². The van der Waals surface area contributed by atoms with E-state index in [0.29, 0.717) is 6.61 Å². The summed E-state index contributed by atoms with van der Waals surface area (Å²) in [6, 6.07) is 0. The van der Waals surface area contributed by atoms with Gasteiger partial charge in [0.15, 0.2) is 0 Å². The Kier molecular flexibility index (Phi) is 9.06. The lowest BCUT2D eigenvalue weighted by Gasteiger charge is -1.97. The van der Waals surface area contributed by atoms with E-state index in [1.807, 2.05) is 25.6 Å². The molecule has 0 fully saturated rings. The zero-order chi connectivity index (χ0) is 9.23. The summed E-state index contributed by atoms with van der Waals surface area (Å²) in [6.45, 7) is 5.32. The van der Waals surface area contributed by atoms with Crippen molar-refractivity contribution in [3.05, 3.63) is 0 Å². The molecule has 0 saturated carbocycles. The summed E-state index contributed by atoms with van der Waals surface area (Å²) in [7, 11) is 0. The first-order valence-corrected chi connectivity index (χ1v) is 5.59. The van der Waals surface area contributed by atoms with Gasteiger partial charge in [0, 0.05) is 18.0 Å². The van der Waals surface area contributed by atoms with E-state index >= 15 is 0 Å². The second-order valence-corrected chi connectivity index (χ2v) is 4.10. The smallest absolute Gasteiger partial charge is 0.0521 e. The van der Waals surface area contributed by atoms with Crippen molar-refractivity contribution in [3.8, 4) is 0 Å². The van der Waals surface area contributed by atoms with Crippen molar-refractivity contribution in [2.75, 3.05) is 24.7 Å². The predicted molar refractivity (Wildman–Crippen MR) is 57.3 cm³/mol. The van der Waals surface area contributed by atoms with E-state index in [1.165, 1.54) is 12.8 Å². The number of thioether (sulfide) groups is 1. The third-order valence-electron chi connectivity index (χ3n) is 1.36. The summed E-state index contributed by atoms with van der Waals surface area (Å²) >= 11 is 1.81. The molecular formula is C9H19NOS. The SMILES string of the molecule is CC(C)=NCCCCSCCO. The highest BCUT2D eigenvalue weighted by Crippen LogP contribution is 2.03. The zero-order valence-corrected chi connectivity index (χ0v) is 8.86. The van der Waals surface area contributed by atoms with E-state index in [2.05, 4.69) is 4.99 Å². The fraction of sp³-hybridized carbons (Fsp3) is 0.889. The van der Waals surface area contributed by atoms with E-state index in [4.69, 9.17) is 5.11 Å². The molecule has 2 nitrogen and oxygen atoms in total. The summed E-state index contributed by atoms with van der Waals surface area (Å²) in [6.07, 6.45) is 2.38. The molecule has 0 unspecified atom stereocenters. The lowest BCUT2D eigenvalue weighted by Crippen LogP contribution is -1.91. The molecule has 1 N–H and O–H groups in total. The van der Waals surface area contributed by atoms with E-state index < -0.39 is 0 Å². The molecule has 12 heavy (non-hydrogen) atoms. The maximum Gasteiger partial charge on any atom is 0.0521 e. The normalized spacial score (nSPS) is 9.92. The van der Waals surface area contributed by atoms with Crippen LogP contribution in [0.2, 0.25) is 0 Å². The van der Waals surface area contributed by atoms with Crippen LogP contribution in [0.4, 0.5) is 0 Å². The molecule has 0 heterocycles. The molecule has 0 aromatic carbocycles. The summed E-state index contributed by atoms with van der Waals surface area (Å²) in [5.74, 6) is 2.02. The fourth-order valence-electron chi connectivity index (χ4n) is 0.785. The molecule has 0 bridgehead atoms. The fourth-order valence-corrected chi connectivity index (χ4v) is 1.53. The maximum atomic E-state index is 8.50. The van der Waals surface area contributed by atoms with Crippen LogP contribution in [0.1, 0.15) is 26.7 Å². The minimum atomic E-state index is 0.302. The van der Waals surface area contributed by atoms with Crippen molar-refractivity contribution in [1.29, 1.82) is 0 Å². The lowest BCUT2D eigenvalue weighted by atomic mass is 10.3. The van der Waals surface area contributed by atoms with Crippen molar-refractivity contribution in [1.82, 2.24) is 0 Å². The van der Waals surface area contributed by atoms with Gasteiger partial charge in [0.2, 0.25) is 0 Å². The lowest BCUT2D eigenvalue weighted by molar-refractivity contribution is 0.322. The highest BCUT2D eigenvalue weighted by Gasteiger charge is 1.88. The minimum Gasteiger partial charge on any atom is -0.396 e. The Morgan fingerprint density at radius 2 is 2.00 bits per heavy atom. The monoisotopic (exact) mass is 189 g/mol. The van der Waals surface area contributed by atoms with E-state index in [-0.39, 0.29) is 0 Å². The number of aliphatic hydroxyl groups is 1. The Balaban J connectivity index is 2.96. The van der Waals surface area contributed by atoms with Crippen molar-refractivity contribution in [3.63, 3.8) is 0 Å². The summed E-state index contributed by atoms with van der Waals surface area (Å²) in [5.41, 5.74) is 1.16. The largest absolute Gasteiger partial charge is 0.396 e. The average molecular weight is 189 g/mol. The number of aliphatic imine (C=N–C) groups is 1. The minimum absolute atomic E-state index is 0.302. The van der Waals surface area contributed by atoms with Gasteiger partial charge in [0.05, 0.1) is 6.61 Å². The van der Waals surface area contributed by atoms with Crippen LogP contribution in [0.3, 0.4) is 0 Å². The Morgan fingerprint density at radius 3 is 2.58 bits per heavy atom. The Morgan fingerprint density at radius 1 is 1.25 bits per heavy atom. The van der Waals surface area contributed by atoms with Gasteiger partial charge in [-0.05, 0) is 32.4 Å². The Bertz CT molecular complexity index is 122. The van der Waals surface area contributed by atoms with Gasteiger partial charge in [-0.15, -0.1) is 0 Å². The Labute approximate surface area is 79.5 Å². The molecule has 0 saturated heterocycles. The average Bonchev–Trinajstić information content (AvgIpc) is 2.02. The van der Waals surface area contributed by atoms with Crippen LogP contribution in [0.5, 0.6) is 0 Å². The van der Waals surface area contributed by atoms with Crippen LogP contribution in [-0.2, 0) is 0 Å². The zero-order valence-electron chi connectivity index (χ0n) is 8.05. The van der Waals surface area contributed by atoms with Crippen molar-refractivity contribution in [2.45, 2.75) is 26.7 Å². The molecule has 0 amide bonds. The predicted octanol–water partition coefficient (Wildman–Crippen LogP) is 1.97. The third-order valence-corrected chi connectivity index (χ3v) is 2.41. The summed E-state index contributed by atoms with van der Waals surface area (Å²) in [5, 5.41) is 8.50. The van der Waals surface area contributed by atoms with Gasteiger partial charge in [-0.25, -0.2) is 0 Å². The molecular weight excluding hydrogens is 170 g/mol. The van der Waals surface area contributed by atoms with Crippen molar-refractivity contribution < 1.29 is 5.11 Å². The van der Waals surface area contributed by atoms with Crippen molar-refractivity contribution >= 4 is 17.5 Å². The second kappa shape index (κ2) is 9.07. The van der Waals surface area contributed by atoms with Crippen LogP contribution in [0.15, 0.2) is 4.99 Å². The van der Waals surface area contributed by atoms with E-state index in [1.54, 1.807) is 0 Å². The number of aliphatic hydroxyl groups excluding tert-OH is 1. The highest BCUT2D eigenvalue weighted by atomic mass is 32.2. The molecule has 72 valence electrons. The molecule has 0 aliphatic heterocycles. The van der Waals surface area contributed by atoms with Crippen LogP contribution in [0.25, 0.3) is 0 Å². The quantitative estimate of drug-likeness (QED) is 0.490. The van der Waals surface area contributed by atoms with Crippen LogP contribution in [-0.4, -0.2) is 35.5 Å². The van der Waals surface area contributed by atoms with Crippen LogP contribution >= 0.6 is 11.8 Å². The summed E-state index contributed by atoms with van der Waals surface area (Å²) < 4.78 is 0. The molecule has 0 rings (SSSR count). The molecule has 0 radical (unpaired) electrons. The molecule has 0 atom stereocenters. The second-order valence-electron chi connectivity index (χ2n) is 2.87. The van der Waals surface area contributed by atoms with Gasteiger partial charge in [0.25, 0.3) is 0 Å². The van der Waals surface area contributed by atoms with Gasteiger partial charge in [-0.2, -0.15) is 11.8 Å². The Hall–Kier alpha value is -0.0200. The first kappa shape index (κ1) is 12.0. The number of hydrogen-bond donors (Lipinski definition) is 1. The number of rotatable bonds is 7. The standard InChI is InChI=1S/C9H19NOS/c1-9(2)10-5-3-4-7-12-8-6-11/h11H,3-8H2,1-2H3. The number of hydrogen-bond acceptors (Lipinski definition) is 3. The maximum absolute atomic E-state index is 8.50. The molecule has 0 aromatic heterocycles. The first-order chi connectivity index (χ1) is 5.77. The van der Waals surface area contributed by atoms with Crippen LogP contribution in [0, 0.1) is 0 Å². The number of nitrogens with zero attached hydrogens (tertiary/aromatic N) is 1. The highest BCUT2D eigenvalue weighted by molar-refractivity contribution is 7.99. The molecule has 0 spiro atoms. The van der Waals surface area contributed by atoms with E-state index in [0.717, 1.165) is 23.8 Å². The first-order valence-electron chi connectivity index (χ1n) is 4.43. The molecule has 3 heteroatoms. The van der Waals surface area contributed by atoms with Gasteiger partial charge in [-0.1, -0.05) is 0 Å². The van der Waals surface area contributed by atoms with Gasteiger partial charge in [-0.3, -0.25) is 4.99 Å². The van der Waals surface area contributed by atoms with Gasteiger partial charge >= 0.3 is 0 Å². The van der Waals surface area contributed by atoms with Crippen molar-refractivity contribution in [2.24, 2.45) is 4.99 Å². The number of unbranched alkanes of at least 4 members (excludes halogenated alkanes) is 1. The molecule has 0 aromatic rings. The van der Waals surface area contributed by atoms with Gasteiger partial charge < -0.3 is 5.11 Å². The summed E-state index contributed by atoms with van der Waals surface area (Å²) in [4.78, 5) is 4.30.